The van der Waals surface area contributed by atoms with Gasteiger partial charge < -0.3 is 14.6 Å². The van der Waals surface area contributed by atoms with E-state index in [2.05, 4.69) is 33.7 Å². The molecule has 1 N–H and O–H groups in total. The molecule has 2 unspecified atom stereocenters. The molecule has 0 bridgehead atoms. The molecule has 0 spiro atoms. The van der Waals surface area contributed by atoms with Crippen LogP contribution in [0.3, 0.4) is 0 Å². The van der Waals surface area contributed by atoms with Crippen LogP contribution in [0.25, 0.3) is 0 Å². The van der Waals surface area contributed by atoms with Crippen molar-refractivity contribution in [3.8, 4) is 0 Å². The number of ether oxygens (including phenoxy) is 1. The first-order chi connectivity index (χ1) is 8.72. The maximum atomic E-state index is 5.62. The molecule has 2 rings (SSSR count). The molecule has 5 heteroatoms. The summed E-state index contributed by atoms with van der Waals surface area (Å²) in [7, 11) is 4.19. The van der Waals surface area contributed by atoms with Crippen LogP contribution < -0.4 is 5.32 Å². The topological polar surface area (TPSA) is 42.3 Å². The van der Waals surface area contributed by atoms with Crippen LogP contribution in [0.15, 0.2) is 12.4 Å². The van der Waals surface area contributed by atoms with Gasteiger partial charge in [0.25, 0.3) is 0 Å². The summed E-state index contributed by atoms with van der Waals surface area (Å²) in [5.74, 6) is 1.10. The molecule has 0 aliphatic carbocycles. The van der Waals surface area contributed by atoms with Crippen molar-refractivity contribution < 1.29 is 4.74 Å². The number of imidazole rings is 1. The molecule has 2 atom stereocenters. The Hall–Kier alpha value is -0.910. The highest BCUT2D eigenvalue weighted by Gasteiger charge is 2.28. The zero-order valence-corrected chi connectivity index (χ0v) is 11.6. The summed E-state index contributed by atoms with van der Waals surface area (Å²) in [6.07, 6.45) is 4.92. The van der Waals surface area contributed by atoms with Gasteiger partial charge in [0.1, 0.15) is 5.82 Å². The number of nitrogens with zero attached hydrogens (tertiary/aromatic N) is 3. The first kappa shape index (κ1) is 13.5. The van der Waals surface area contributed by atoms with Gasteiger partial charge in [0.15, 0.2) is 0 Å². The van der Waals surface area contributed by atoms with Gasteiger partial charge in [-0.1, -0.05) is 6.92 Å². The molecule has 1 fully saturated rings. The molecule has 2 heterocycles. The van der Waals surface area contributed by atoms with E-state index in [1.807, 2.05) is 19.4 Å². The average Bonchev–Trinajstić information content (AvgIpc) is 2.76. The number of rotatable bonds is 5. The fourth-order valence-corrected chi connectivity index (χ4v) is 2.55. The van der Waals surface area contributed by atoms with Crippen LogP contribution in [0.5, 0.6) is 0 Å². The first-order valence-electron chi connectivity index (χ1n) is 6.70. The summed E-state index contributed by atoms with van der Waals surface area (Å²) in [6.45, 7) is 5.70. The Morgan fingerprint density at radius 2 is 2.44 bits per heavy atom. The molecule has 102 valence electrons. The van der Waals surface area contributed by atoms with Gasteiger partial charge in [-0.15, -0.1) is 0 Å². The zero-order valence-electron chi connectivity index (χ0n) is 11.6. The van der Waals surface area contributed by atoms with Crippen LogP contribution in [-0.4, -0.2) is 53.3 Å². The van der Waals surface area contributed by atoms with Crippen molar-refractivity contribution in [1.29, 1.82) is 0 Å². The Bertz CT molecular complexity index is 364. The van der Waals surface area contributed by atoms with Crippen LogP contribution in [0.4, 0.5) is 0 Å². The van der Waals surface area contributed by atoms with E-state index in [-0.39, 0.29) is 0 Å². The minimum absolute atomic E-state index is 0.426. The van der Waals surface area contributed by atoms with E-state index in [1.165, 1.54) is 0 Å². The number of aromatic nitrogens is 2. The maximum absolute atomic E-state index is 5.62. The third kappa shape index (κ3) is 3.10. The van der Waals surface area contributed by atoms with Crippen molar-refractivity contribution in [2.75, 3.05) is 26.8 Å². The number of hydrogen-bond donors (Lipinski definition) is 1. The molecular formula is C13H24N4O. The van der Waals surface area contributed by atoms with Crippen molar-refractivity contribution in [2.24, 2.45) is 7.05 Å². The summed E-state index contributed by atoms with van der Waals surface area (Å²) in [5.41, 5.74) is 0. The lowest BCUT2D eigenvalue weighted by atomic mass is 10.0. The Kier molecular flexibility index (Phi) is 4.74. The highest BCUT2D eigenvalue weighted by atomic mass is 16.5. The van der Waals surface area contributed by atoms with Crippen molar-refractivity contribution >= 4 is 0 Å². The molecule has 0 radical (unpaired) electrons. The molecule has 1 aliphatic rings. The van der Waals surface area contributed by atoms with Gasteiger partial charge in [0.2, 0.25) is 0 Å². The minimum Gasteiger partial charge on any atom is -0.380 e. The number of aryl methyl sites for hydroxylation is 1. The van der Waals surface area contributed by atoms with Gasteiger partial charge in [-0.25, -0.2) is 4.98 Å². The highest BCUT2D eigenvalue weighted by Crippen LogP contribution is 2.15. The van der Waals surface area contributed by atoms with E-state index in [9.17, 15) is 0 Å². The maximum Gasteiger partial charge on any atom is 0.122 e. The molecule has 1 saturated heterocycles. The van der Waals surface area contributed by atoms with E-state index in [0.29, 0.717) is 12.1 Å². The van der Waals surface area contributed by atoms with Crippen LogP contribution >= 0.6 is 0 Å². The van der Waals surface area contributed by atoms with Crippen LogP contribution in [0.2, 0.25) is 0 Å². The third-order valence-electron chi connectivity index (χ3n) is 3.67. The lowest BCUT2D eigenvalue weighted by molar-refractivity contribution is 0.00288. The first-order valence-corrected chi connectivity index (χ1v) is 6.70. The fraction of sp³-hybridized carbons (Fsp3) is 0.769. The molecule has 0 amide bonds. The average molecular weight is 252 g/mol. The second kappa shape index (κ2) is 6.31. The van der Waals surface area contributed by atoms with Gasteiger partial charge in [0.05, 0.1) is 13.2 Å². The smallest absolute Gasteiger partial charge is 0.122 e. The van der Waals surface area contributed by atoms with Gasteiger partial charge in [-0.3, -0.25) is 4.90 Å². The van der Waals surface area contributed by atoms with E-state index in [1.54, 1.807) is 0 Å². The monoisotopic (exact) mass is 252 g/mol. The molecule has 1 aliphatic heterocycles. The van der Waals surface area contributed by atoms with Gasteiger partial charge >= 0.3 is 0 Å². The van der Waals surface area contributed by atoms with Crippen LogP contribution in [0.1, 0.15) is 19.2 Å². The number of likely N-dealkylation sites (N-methyl/N-ethyl adjacent to an activating group) is 2. The normalized spacial score (nSPS) is 24.7. The lowest BCUT2D eigenvalue weighted by Crippen LogP contribution is -2.54. The Morgan fingerprint density at radius 3 is 3.11 bits per heavy atom. The quantitative estimate of drug-likeness (QED) is 0.834. The molecular weight excluding hydrogens is 228 g/mol. The third-order valence-corrected chi connectivity index (χ3v) is 3.67. The number of nitrogens with one attached hydrogen (secondary N) is 1. The van der Waals surface area contributed by atoms with Crippen molar-refractivity contribution in [3.05, 3.63) is 18.2 Å². The zero-order chi connectivity index (χ0) is 13.0. The minimum atomic E-state index is 0.426. The van der Waals surface area contributed by atoms with Crippen molar-refractivity contribution in [2.45, 2.75) is 32.0 Å². The molecule has 1 aromatic heterocycles. The lowest BCUT2D eigenvalue weighted by Gasteiger charge is -2.38. The molecule has 5 nitrogen and oxygen atoms in total. The second-order valence-corrected chi connectivity index (χ2v) is 4.96. The highest BCUT2D eigenvalue weighted by molar-refractivity contribution is 4.94. The van der Waals surface area contributed by atoms with Crippen LogP contribution in [0, 0.1) is 0 Å². The van der Waals surface area contributed by atoms with Crippen molar-refractivity contribution in [1.82, 2.24) is 19.8 Å². The van der Waals surface area contributed by atoms with E-state index in [0.717, 1.165) is 38.5 Å². The Labute approximate surface area is 109 Å². The predicted octanol–water partition coefficient (Wildman–Crippen LogP) is 0.619. The fourth-order valence-electron chi connectivity index (χ4n) is 2.55. The summed E-state index contributed by atoms with van der Waals surface area (Å²) in [5, 5.41) is 3.56. The Balaban J connectivity index is 1.97. The standard InChI is InChI=1S/C13H24N4O/c1-4-14-11-5-8-18-10-12(11)17(3)9-13-15-6-7-16(13)2/h6-7,11-12,14H,4-5,8-10H2,1-3H3. The molecule has 1 aromatic rings. The van der Waals surface area contributed by atoms with E-state index < -0.39 is 0 Å². The predicted molar refractivity (Wildman–Crippen MR) is 71.4 cm³/mol. The molecule has 0 saturated carbocycles. The summed E-state index contributed by atoms with van der Waals surface area (Å²) >= 11 is 0. The summed E-state index contributed by atoms with van der Waals surface area (Å²) in [4.78, 5) is 6.72. The number of hydrogen-bond acceptors (Lipinski definition) is 4. The summed E-state index contributed by atoms with van der Waals surface area (Å²) < 4.78 is 7.69. The van der Waals surface area contributed by atoms with Crippen molar-refractivity contribution in [3.63, 3.8) is 0 Å². The molecule has 18 heavy (non-hydrogen) atoms. The van der Waals surface area contributed by atoms with E-state index >= 15 is 0 Å². The SMILES string of the molecule is CCNC1CCOCC1N(C)Cc1nccn1C. The largest absolute Gasteiger partial charge is 0.380 e. The van der Waals surface area contributed by atoms with Crippen LogP contribution in [-0.2, 0) is 18.3 Å². The Morgan fingerprint density at radius 1 is 1.61 bits per heavy atom. The van der Waals surface area contributed by atoms with Gasteiger partial charge in [-0.05, 0) is 20.0 Å². The van der Waals surface area contributed by atoms with Gasteiger partial charge in [0, 0.05) is 38.1 Å². The molecule has 0 aromatic carbocycles. The van der Waals surface area contributed by atoms with Gasteiger partial charge in [-0.2, -0.15) is 0 Å². The van der Waals surface area contributed by atoms with E-state index in [4.69, 9.17) is 4.74 Å². The summed E-state index contributed by atoms with van der Waals surface area (Å²) in [6, 6.07) is 0.949. The second-order valence-electron chi connectivity index (χ2n) is 4.96.